The van der Waals surface area contributed by atoms with Gasteiger partial charge in [0.15, 0.2) is 0 Å². The van der Waals surface area contributed by atoms with E-state index in [1.165, 1.54) is 6.92 Å². The fraction of sp³-hybridized carbons (Fsp3) is 0.308. The first kappa shape index (κ1) is 13.1. The van der Waals surface area contributed by atoms with E-state index in [0.29, 0.717) is 5.75 Å². The largest absolute Gasteiger partial charge is 0.490 e. The Hall–Kier alpha value is -1.99. The molecule has 0 amide bonds. The van der Waals surface area contributed by atoms with E-state index in [1.807, 2.05) is 0 Å². The molecule has 1 rings (SSSR count). The van der Waals surface area contributed by atoms with Crippen molar-refractivity contribution in [1.29, 1.82) is 0 Å². The van der Waals surface area contributed by atoms with Crippen LogP contribution in [-0.2, 0) is 16.1 Å². The number of ether oxygens (including phenoxy) is 2. The predicted molar refractivity (Wildman–Crippen MR) is 62.2 cm³/mol. The van der Waals surface area contributed by atoms with E-state index in [4.69, 9.17) is 21.0 Å². The van der Waals surface area contributed by atoms with Crippen LogP contribution in [0.25, 0.3) is 0 Å². The summed E-state index contributed by atoms with van der Waals surface area (Å²) in [4.78, 5) is 10.6. The van der Waals surface area contributed by atoms with Gasteiger partial charge in [-0.25, -0.2) is 0 Å². The molecule has 0 saturated carbocycles. The van der Waals surface area contributed by atoms with E-state index in [-0.39, 0.29) is 19.2 Å². The monoisotopic (exact) mass is 234 g/mol. The molecule has 0 aliphatic carbocycles. The molecule has 0 saturated heterocycles. The molecule has 1 aromatic carbocycles. The molecule has 0 spiro atoms. The van der Waals surface area contributed by atoms with Crippen molar-refractivity contribution in [3.8, 4) is 18.1 Å². The van der Waals surface area contributed by atoms with Crippen molar-refractivity contribution < 1.29 is 19.4 Å². The van der Waals surface area contributed by atoms with Gasteiger partial charge in [0.25, 0.3) is 0 Å². The number of aliphatic hydroxyl groups excluding tert-OH is 1. The summed E-state index contributed by atoms with van der Waals surface area (Å²) < 4.78 is 10.1. The van der Waals surface area contributed by atoms with Gasteiger partial charge in [0, 0.05) is 6.92 Å². The lowest BCUT2D eigenvalue weighted by Gasteiger charge is -2.08. The van der Waals surface area contributed by atoms with Gasteiger partial charge >= 0.3 is 5.97 Å². The van der Waals surface area contributed by atoms with Crippen molar-refractivity contribution in [1.82, 2.24) is 0 Å². The maximum Gasteiger partial charge on any atom is 0.302 e. The Labute approximate surface area is 100 Å². The van der Waals surface area contributed by atoms with Crippen molar-refractivity contribution in [2.45, 2.75) is 19.6 Å². The summed E-state index contributed by atoms with van der Waals surface area (Å²) in [5.41, 5.74) is 0.866. The molecule has 90 valence electrons. The topological polar surface area (TPSA) is 55.8 Å². The molecular weight excluding hydrogens is 220 g/mol. The predicted octanol–water partition coefficient (Wildman–Crippen LogP) is 1.12. The van der Waals surface area contributed by atoms with Gasteiger partial charge < -0.3 is 14.6 Å². The van der Waals surface area contributed by atoms with E-state index in [9.17, 15) is 4.79 Å². The van der Waals surface area contributed by atoms with Gasteiger partial charge in [-0.15, -0.1) is 6.42 Å². The minimum Gasteiger partial charge on any atom is -0.490 e. The zero-order chi connectivity index (χ0) is 12.7. The minimum absolute atomic E-state index is 0.0553. The average molecular weight is 234 g/mol. The van der Waals surface area contributed by atoms with Crippen molar-refractivity contribution in [3.63, 3.8) is 0 Å². The summed E-state index contributed by atoms with van der Waals surface area (Å²) >= 11 is 0. The van der Waals surface area contributed by atoms with Gasteiger partial charge in [0.05, 0.1) is 0 Å². The quantitative estimate of drug-likeness (QED) is 0.612. The van der Waals surface area contributed by atoms with Crippen LogP contribution in [0, 0.1) is 12.3 Å². The van der Waals surface area contributed by atoms with E-state index >= 15 is 0 Å². The van der Waals surface area contributed by atoms with Crippen molar-refractivity contribution in [3.05, 3.63) is 29.8 Å². The molecule has 0 bridgehead atoms. The molecule has 1 atom stereocenters. The lowest BCUT2D eigenvalue weighted by molar-refractivity contribution is -0.142. The highest BCUT2D eigenvalue weighted by Gasteiger charge is 2.01. The van der Waals surface area contributed by atoms with Crippen LogP contribution in [0.3, 0.4) is 0 Å². The number of hydrogen-bond acceptors (Lipinski definition) is 4. The first-order chi connectivity index (χ1) is 8.11. The standard InChI is InChI=1S/C13H14O4/c1-3-12(15)9-17-13-6-4-11(5-7-13)8-16-10(2)14/h1,4-7,12,15H,8-9H2,2H3/t12-/m0/s1. The second-order valence-corrected chi connectivity index (χ2v) is 3.42. The van der Waals surface area contributed by atoms with E-state index in [1.54, 1.807) is 24.3 Å². The Bertz CT molecular complexity index is 402. The van der Waals surface area contributed by atoms with E-state index in [0.717, 1.165) is 5.56 Å². The summed E-state index contributed by atoms with van der Waals surface area (Å²) in [6.07, 6.45) is 4.09. The second kappa shape index (κ2) is 6.56. The van der Waals surface area contributed by atoms with Gasteiger partial charge in [-0.3, -0.25) is 4.79 Å². The molecule has 0 aliphatic rings. The number of rotatable bonds is 5. The summed E-state index contributed by atoms with van der Waals surface area (Å²) in [5, 5.41) is 9.10. The molecule has 0 fully saturated rings. The zero-order valence-electron chi connectivity index (χ0n) is 9.55. The SMILES string of the molecule is C#C[C@H](O)COc1ccc(COC(C)=O)cc1. The molecule has 4 heteroatoms. The van der Waals surface area contributed by atoms with Crippen LogP contribution in [0.2, 0.25) is 0 Å². The van der Waals surface area contributed by atoms with Gasteiger partial charge in [-0.1, -0.05) is 18.1 Å². The normalized spacial score (nSPS) is 11.4. The highest BCUT2D eigenvalue weighted by atomic mass is 16.5. The van der Waals surface area contributed by atoms with Crippen LogP contribution >= 0.6 is 0 Å². The molecule has 1 N–H and O–H groups in total. The number of aliphatic hydroxyl groups is 1. The Morgan fingerprint density at radius 2 is 2.12 bits per heavy atom. The summed E-state index contributed by atoms with van der Waals surface area (Å²) in [7, 11) is 0. The molecule has 0 radical (unpaired) electrons. The summed E-state index contributed by atoms with van der Waals surface area (Å²) in [6, 6.07) is 7.01. The summed E-state index contributed by atoms with van der Waals surface area (Å²) in [6.45, 7) is 1.65. The number of carbonyl (C=O) groups excluding carboxylic acids is 1. The summed E-state index contributed by atoms with van der Waals surface area (Å²) in [5.74, 6) is 2.44. The number of terminal acetylenes is 1. The van der Waals surface area contributed by atoms with Crippen LogP contribution in [0.1, 0.15) is 12.5 Å². The lowest BCUT2D eigenvalue weighted by atomic mass is 10.2. The van der Waals surface area contributed by atoms with Gasteiger partial charge in [-0.05, 0) is 17.7 Å². The maximum absolute atomic E-state index is 10.6. The molecule has 17 heavy (non-hydrogen) atoms. The van der Waals surface area contributed by atoms with Crippen LogP contribution in [0.5, 0.6) is 5.75 Å². The smallest absolute Gasteiger partial charge is 0.302 e. The molecule has 0 aromatic heterocycles. The highest BCUT2D eigenvalue weighted by Crippen LogP contribution is 2.13. The fourth-order valence-corrected chi connectivity index (χ4v) is 1.09. The zero-order valence-corrected chi connectivity index (χ0v) is 9.55. The first-order valence-electron chi connectivity index (χ1n) is 5.11. The van der Waals surface area contributed by atoms with Gasteiger partial charge in [0.1, 0.15) is 25.1 Å². The average Bonchev–Trinajstić information content (AvgIpc) is 2.34. The fourth-order valence-electron chi connectivity index (χ4n) is 1.09. The first-order valence-corrected chi connectivity index (χ1v) is 5.11. The van der Waals surface area contributed by atoms with Crippen LogP contribution < -0.4 is 4.74 Å². The van der Waals surface area contributed by atoms with Crippen molar-refractivity contribution in [2.75, 3.05) is 6.61 Å². The Morgan fingerprint density at radius 1 is 1.47 bits per heavy atom. The Morgan fingerprint density at radius 3 is 2.65 bits per heavy atom. The van der Waals surface area contributed by atoms with Crippen molar-refractivity contribution in [2.24, 2.45) is 0 Å². The third kappa shape index (κ3) is 5.05. The van der Waals surface area contributed by atoms with Gasteiger partial charge in [-0.2, -0.15) is 0 Å². The van der Waals surface area contributed by atoms with Crippen LogP contribution in [0.15, 0.2) is 24.3 Å². The minimum atomic E-state index is -0.907. The number of carbonyl (C=O) groups is 1. The molecule has 0 heterocycles. The van der Waals surface area contributed by atoms with Crippen LogP contribution in [0.4, 0.5) is 0 Å². The number of benzene rings is 1. The van der Waals surface area contributed by atoms with Gasteiger partial charge in [0.2, 0.25) is 0 Å². The molecule has 0 unspecified atom stereocenters. The Balaban J connectivity index is 2.45. The highest BCUT2D eigenvalue weighted by molar-refractivity contribution is 5.65. The molecule has 4 nitrogen and oxygen atoms in total. The Kier molecular flexibility index (Phi) is 5.05. The molecular formula is C13H14O4. The second-order valence-electron chi connectivity index (χ2n) is 3.42. The van der Waals surface area contributed by atoms with Crippen LogP contribution in [-0.4, -0.2) is 23.8 Å². The lowest BCUT2D eigenvalue weighted by Crippen LogP contribution is -2.14. The maximum atomic E-state index is 10.6. The molecule has 1 aromatic rings. The molecule has 0 aliphatic heterocycles. The van der Waals surface area contributed by atoms with E-state index < -0.39 is 6.10 Å². The van der Waals surface area contributed by atoms with Crippen molar-refractivity contribution >= 4 is 5.97 Å². The third-order valence-electron chi connectivity index (χ3n) is 1.97. The number of hydrogen-bond donors (Lipinski definition) is 1. The van der Waals surface area contributed by atoms with E-state index in [2.05, 4.69) is 5.92 Å². The number of esters is 1. The third-order valence-corrected chi connectivity index (χ3v) is 1.97.